The number of carbonyl (C=O) groups excluding carboxylic acids is 6. The summed E-state index contributed by atoms with van der Waals surface area (Å²) < 4.78 is 16.8. The van der Waals surface area contributed by atoms with Crippen molar-refractivity contribution in [3.8, 4) is 5.75 Å². The number of amides is 5. The third kappa shape index (κ3) is 11.0. The minimum Gasteiger partial charge on any atom is -0.480 e. The molecule has 2 N–H and O–H groups in total. The third-order valence-corrected chi connectivity index (χ3v) is 8.98. The Hall–Kier alpha value is -4.95. The number of carbonyl (C=O) groups is 6. The molecule has 0 saturated carbocycles. The molecule has 3 heterocycles. The highest BCUT2D eigenvalue weighted by Gasteiger charge is 2.37. The van der Waals surface area contributed by atoms with E-state index in [1.165, 1.54) is 11.0 Å². The molecule has 2 aliphatic heterocycles. The summed E-state index contributed by atoms with van der Waals surface area (Å²) in [7, 11) is 0. The molecule has 5 amide bonds. The summed E-state index contributed by atoms with van der Waals surface area (Å²) in [5.41, 5.74) is 0.528. The largest absolute Gasteiger partial charge is 0.480 e. The molecule has 2 fully saturated rings. The fraction of sp³-hybridized carbons (Fsp3) is 0.605. The van der Waals surface area contributed by atoms with Crippen molar-refractivity contribution in [2.24, 2.45) is 0 Å². The molecule has 290 valence electrons. The van der Waals surface area contributed by atoms with E-state index in [1.807, 2.05) is 19.9 Å². The number of rotatable bonds is 13. The van der Waals surface area contributed by atoms with Crippen LogP contribution in [0.1, 0.15) is 89.7 Å². The first-order valence-electron chi connectivity index (χ1n) is 18.5. The van der Waals surface area contributed by atoms with E-state index in [9.17, 15) is 28.8 Å². The van der Waals surface area contributed by atoms with E-state index in [0.717, 1.165) is 12.0 Å². The molecule has 2 saturated heterocycles. The number of aryl methyl sites for hydroxylation is 1. The number of likely N-dealkylation sites (tertiary alicyclic amines) is 1. The Bertz CT molecular complexity index is 1670. The van der Waals surface area contributed by atoms with Gasteiger partial charge in [-0.1, -0.05) is 13.0 Å². The number of nitrogens with one attached hydrogen (secondary N) is 2. The average molecular weight is 739 g/mol. The Kier molecular flexibility index (Phi) is 14.0. The number of aromatic nitrogens is 1. The SMILES string of the molecule is CCCNC(=O)C1CCCN1C(=O)[C@@H](C)Oc1cc(C(=O)NC(CCC(=O)OC(C)(C)C)C(=O)N2CCN(C(=O)OCC)CC2)nc2cc(C)ccc12. The van der Waals surface area contributed by atoms with E-state index < -0.39 is 47.7 Å². The Balaban J connectivity index is 1.56. The quantitative estimate of drug-likeness (QED) is 0.290. The summed E-state index contributed by atoms with van der Waals surface area (Å²) in [5.74, 6) is -1.92. The number of pyridine rings is 1. The van der Waals surface area contributed by atoms with Gasteiger partial charge in [0.05, 0.1) is 12.1 Å². The average Bonchev–Trinajstić information content (AvgIpc) is 3.61. The van der Waals surface area contributed by atoms with Crippen LogP contribution in [-0.2, 0) is 28.7 Å². The minimum atomic E-state index is -1.12. The first kappa shape index (κ1) is 40.8. The van der Waals surface area contributed by atoms with E-state index in [1.54, 1.807) is 56.6 Å². The molecule has 2 aromatic rings. The van der Waals surface area contributed by atoms with E-state index >= 15 is 0 Å². The van der Waals surface area contributed by atoms with Crippen LogP contribution < -0.4 is 15.4 Å². The van der Waals surface area contributed by atoms with Gasteiger partial charge in [-0.15, -0.1) is 0 Å². The van der Waals surface area contributed by atoms with E-state index in [-0.39, 0.29) is 68.9 Å². The van der Waals surface area contributed by atoms with Gasteiger partial charge >= 0.3 is 12.1 Å². The van der Waals surface area contributed by atoms with Gasteiger partial charge in [-0.3, -0.25) is 24.0 Å². The number of nitrogens with zero attached hydrogens (tertiary/aromatic N) is 4. The molecule has 2 aliphatic rings. The molecule has 0 bridgehead atoms. The van der Waals surface area contributed by atoms with Gasteiger partial charge in [-0.2, -0.15) is 0 Å². The lowest BCUT2D eigenvalue weighted by Gasteiger charge is -2.36. The number of benzene rings is 1. The van der Waals surface area contributed by atoms with E-state index in [2.05, 4.69) is 15.6 Å². The van der Waals surface area contributed by atoms with Crippen molar-refractivity contribution in [1.29, 1.82) is 0 Å². The molecule has 1 aromatic heterocycles. The van der Waals surface area contributed by atoms with Gasteiger partial charge in [0.1, 0.15) is 29.1 Å². The van der Waals surface area contributed by atoms with Crippen molar-refractivity contribution < 1.29 is 43.0 Å². The monoisotopic (exact) mass is 738 g/mol. The van der Waals surface area contributed by atoms with Crippen molar-refractivity contribution in [3.63, 3.8) is 0 Å². The van der Waals surface area contributed by atoms with Crippen molar-refractivity contribution in [3.05, 3.63) is 35.5 Å². The molecule has 3 atom stereocenters. The highest BCUT2D eigenvalue weighted by Crippen LogP contribution is 2.29. The smallest absolute Gasteiger partial charge is 0.409 e. The van der Waals surface area contributed by atoms with Gasteiger partial charge in [-0.25, -0.2) is 9.78 Å². The van der Waals surface area contributed by atoms with Crippen LogP contribution in [0.25, 0.3) is 10.9 Å². The Labute approximate surface area is 311 Å². The molecule has 15 heteroatoms. The summed E-state index contributed by atoms with van der Waals surface area (Å²) in [4.78, 5) is 88.4. The third-order valence-electron chi connectivity index (χ3n) is 8.98. The molecule has 0 aliphatic carbocycles. The summed E-state index contributed by atoms with van der Waals surface area (Å²) in [5, 5.41) is 6.23. The Morgan fingerprint density at radius 3 is 2.32 bits per heavy atom. The lowest BCUT2D eigenvalue weighted by atomic mass is 10.1. The topological polar surface area (TPSA) is 177 Å². The van der Waals surface area contributed by atoms with Gasteiger partial charge in [-0.05, 0) is 84.9 Å². The van der Waals surface area contributed by atoms with Crippen LogP contribution in [0.4, 0.5) is 4.79 Å². The molecule has 2 unspecified atom stereocenters. The number of esters is 1. The van der Waals surface area contributed by atoms with Gasteiger partial charge in [0.15, 0.2) is 6.10 Å². The minimum absolute atomic E-state index is 0.0397. The fourth-order valence-corrected chi connectivity index (χ4v) is 6.35. The van der Waals surface area contributed by atoms with Crippen LogP contribution in [-0.4, -0.2) is 125 Å². The van der Waals surface area contributed by atoms with Crippen LogP contribution in [0.5, 0.6) is 5.75 Å². The van der Waals surface area contributed by atoms with Crippen LogP contribution in [0.15, 0.2) is 24.3 Å². The highest BCUT2D eigenvalue weighted by molar-refractivity contribution is 6.00. The zero-order chi connectivity index (χ0) is 38.9. The lowest BCUT2D eigenvalue weighted by molar-refractivity contribution is -0.155. The second-order valence-electron chi connectivity index (χ2n) is 14.4. The normalized spacial score (nSPS) is 17.2. The van der Waals surface area contributed by atoms with Crippen molar-refractivity contribution in [2.45, 2.75) is 104 Å². The zero-order valence-electron chi connectivity index (χ0n) is 32.0. The molecule has 1 aromatic carbocycles. The van der Waals surface area contributed by atoms with Crippen LogP contribution in [0, 0.1) is 6.92 Å². The Morgan fingerprint density at radius 1 is 0.962 bits per heavy atom. The summed E-state index contributed by atoms with van der Waals surface area (Å²) >= 11 is 0. The zero-order valence-corrected chi connectivity index (χ0v) is 32.0. The van der Waals surface area contributed by atoms with Gasteiger partial charge in [0.2, 0.25) is 11.8 Å². The molecule has 0 radical (unpaired) electrons. The van der Waals surface area contributed by atoms with Crippen molar-refractivity contribution >= 4 is 46.6 Å². The van der Waals surface area contributed by atoms with Gasteiger partial charge < -0.3 is 39.5 Å². The highest BCUT2D eigenvalue weighted by atomic mass is 16.6. The molecule has 53 heavy (non-hydrogen) atoms. The van der Waals surface area contributed by atoms with Crippen LogP contribution in [0.3, 0.4) is 0 Å². The number of piperazine rings is 1. The Morgan fingerprint density at radius 2 is 1.66 bits per heavy atom. The predicted octanol–water partition coefficient (Wildman–Crippen LogP) is 3.35. The maximum Gasteiger partial charge on any atom is 0.409 e. The first-order valence-corrected chi connectivity index (χ1v) is 18.5. The number of hydrogen-bond acceptors (Lipinski definition) is 10. The standard InChI is InChI=1S/C38H54N6O9/c1-8-16-39-34(47)30-11-10-17-44(30)35(48)25(4)52-31-23-29(40-28-22-24(3)12-13-26(28)31)33(46)41-27(14-15-32(45)53-38(5,6)7)36(49)42-18-20-43(21-19-42)37(50)51-9-2/h12-13,22-23,25,27,30H,8-11,14-21H2,1-7H3,(H,39,47)(H,41,46)/t25-,27?,30?/m1/s1. The summed E-state index contributed by atoms with van der Waals surface area (Å²) in [6, 6.07) is 5.18. The second-order valence-corrected chi connectivity index (χ2v) is 14.4. The molecular weight excluding hydrogens is 684 g/mol. The predicted molar refractivity (Wildman–Crippen MR) is 196 cm³/mol. The van der Waals surface area contributed by atoms with E-state index in [0.29, 0.717) is 36.8 Å². The molecular formula is C38H54N6O9. The first-order chi connectivity index (χ1) is 25.1. The maximum absolute atomic E-state index is 13.9. The van der Waals surface area contributed by atoms with Gasteiger partial charge in [0.25, 0.3) is 11.8 Å². The van der Waals surface area contributed by atoms with Crippen molar-refractivity contribution in [1.82, 2.24) is 30.3 Å². The second kappa shape index (κ2) is 18.2. The van der Waals surface area contributed by atoms with Crippen LogP contribution >= 0.6 is 0 Å². The number of hydrogen-bond donors (Lipinski definition) is 2. The summed E-state index contributed by atoms with van der Waals surface area (Å²) in [6.07, 6.45) is 0.408. The maximum atomic E-state index is 13.9. The molecule has 0 spiro atoms. The van der Waals surface area contributed by atoms with Crippen LogP contribution in [0.2, 0.25) is 0 Å². The number of fused-ring (bicyclic) bond motifs is 1. The van der Waals surface area contributed by atoms with Crippen molar-refractivity contribution in [2.75, 3.05) is 45.9 Å². The lowest BCUT2D eigenvalue weighted by Crippen LogP contribution is -2.56. The molecule has 15 nitrogen and oxygen atoms in total. The van der Waals surface area contributed by atoms with Gasteiger partial charge in [0, 0.05) is 57.1 Å². The number of ether oxygens (including phenoxy) is 3. The fourth-order valence-electron chi connectivity index (χ4n) is 6.35. The summed E-state index contributed by atoms with van der Waals surface area (Å²) in [6.45, 7) is 14.5. The van der Waals surface area contributed by atoms with E-state index in [4.69, 9.17) is 14.2 Å². The molecule has 4 rings (SSSR count).